The van der Waals surface area contributed by atoms with Crippen molar-refractivity contribution in [3.8, 4) is 6.07 Å². The Morgan fingerprint density at radius 2 is 1.86 bits per heavy atom. The molecular weight excluding hydrogens is 326 g/mol. The lowest BCUT2D eigenvalue weighted by molar-refractivity contribution is -0.112. The Balaban J connectivity index is 2.23. The molecule has 2 aromatic rings. The number of nitrogens with zero attached hydrogens (tertiary/aromatic N) is 1. The van der Waals surface area contributed by atoms with Crippen molar-refractivity contribution in [1.29, 1.82) is 5.26 Å². The highest BCUT2D eigenvalue weighted by atomic mass is 35.5. The van der Waals surface area contributed by atoms with Crippen molar-refractivity contribution in [1.82, 2.24) is 0 Å². The standard InChI is InChI=1S/C16H9Cl2FN2O/c17-12-2-1-10(15(18)8-12)7-11(9-20)16(22)21-14-5-3-13(19)4-6-14/h1-8H,(H,21,22). The fourth-order valence-electron chi connectivity index (χ4n) is 1.65. The predicted octanol–water partition coefficient (Wildman–Crippen LogP) is 4.68. The van der Waals surface area contributed by atoms with Gasteiger partial charge in [-0.05, 0) is 48.0 Å². The molecule has 2 aromatic carbocycles. The Morgan fingerprint density at radius 1 is 1.18 bits per heavy atom. The third kappa shape index (κ3) is 4.08. The molecule has 0 spiro atoms. The summed E-state index contributed by atoms with van der Waals surface area (Å²) in [7, 11) is 0. The van der Waals surface area contributed by atoms with Crippen molar-refractivity contribution in [3.05, 3.63) is 69.5 Å². The molecule has 1 N–H and O–H groups in total. The second kappa shape index (κ2) is 7.08. The maximum absolute atomic E-state index is 12.8. The van der Waals surface area contributed by atoms with Gasteiger partial charge in [0.2, 0.25) is 0 Å². The van der Waals surface area contributed by atoms with Gasteiger partial charge >= 0.3 is 0 Å². The third-order valence-corrected chi connectivity index (χ3v) is 3.29. The summed E-state index contributed by atoms with van der Waals surface area (Å²) in [6.45, 7) is 0. The summed E-state index contributed by atoms with van der Waals surface area (Å²) in [6.07, 6.45) is 1.36. The Hall–Kier alpha value is -2.35. The van der Waals surface area contributed by atoms with Gasteiger partial charge in [-0.15, -0.1) is 0 Å². The van der Waals surface area contributed by atoms with E-state index in [0.29, 0.717) is 21.3 Å². The van der Waals surface area contributed by atoms with E-state index in [1.165, 1.54) is 36.4 Å². The Kier molecular flexibility index (Phi) is 5.16. The number of halogens is 3. The van der Waals surface area contributed by atoms with E-state index in [2.05, 4.69) is 5.32 Å². The van der Waals surface area contributed by atoms with Crippen LogP contribution in [0.1, 0.15) is 5.56 Å². The summed E-state index contributed by atoms with van der Waals surface area (Å²) >= 11 is 11.8. The lowest BCUT2D eigenvalue weighted by atomic mass is 10.1. The van der Waals surface area contributed by atoms with Crippen LogP contribution in [0.5, 0.6) is 0 Å². The minimum Gasteiger partial charge on any atom is -0.321 e. The summed E-state index contributed by atoms with van der Waals surface area (Å²) < 4.78 is 12.8. The summed E-state index contributed by atoms with van der Waals surface area (Å²) in [5.74, 6) is -1.03. The van der Waals surface area contributed by atoms with Gasteiger partial charge in [0.05, 0.1) is 0 Å². The molecule has 6 heteroatoms. The van der Waals surface area contributed by atoms with Gasteiger partial charge in [-0.25, -0.2) is 4.39 Å². The summed E-state index contributed by atoms with van der Waals surface area (Å²) in [5, 5.41) is 12.4. The number of amides is 1. The van der Waals surface area contributed by atoms with Crippen LogP contribution in [0.15, 0.2) is 48.0 Å². The zero-order chi connectivity index (χ0) is 16.1. The van der Waals surface area contributed by atoms with Crippen molar-refractivity contribution < 1.29 is 9.18 Å². The van der Waals surface area contributed by atoms with Gasteiger partial charge in [0.25, 0.3) is 5.91 Å². The quantitative estimate of drug-likeness (QED) is 0.654. The van der Waals surface area contributed by atoms with E-state index in [4.69, 9.17) is 28.5 Å². The van der Waals surface area contributed by atoms with E-state index in [1.807, 2.05) is 6.07 Å². The maximum Gasteiger partial charge on any atom is 0.266 e. The molecule has 22 heavy (non-hydrogen) atoms. The highest BCUT2D eigenvalue weighted by molar-refractivity contribution is 6.35. The first-order valence-corrected chi connectivity index (χ1v) is 6.89. The van der Waals surface area contributed by atoms with Crippen molar-refractivity contribution in [3.63, 3.8) is 0 Å². The van der Waals surface area contributed by atoms with Crippen LogP contribution in [0.2, 0.25) is 10.0 Å². The number of nitriles is 1. The molecule has 0 bridgehead atoms. The van der Waals surface area contributed by atoms with Crippen LogP contribution in [0.3, 0.4) is 0 Å². The van der Waals surface area contributed by atoms with Gasteiger partial charge in [-0.1, -0.05) is 29.3 Å². The molecule has 110 valence electrons. The zero-order valence-electron chi connectivity index (χ0n) is 11.1. The van der Waals surface area contributed by atoms with Gasteiger partial charge in [-0.3, -0.25) is 4.79 Å². The molecule has 0 aromatic heterocycles. The Bertz CT molecular complexity index is 780. The second-order valence-electron chi connectivity index (χ2n) is 4.30. The van der Waals surface area contributed by atoms with E-state index in [0.717, 1.165) is 0 Å². The molecule has 0 aliphatic carbocycles. The van der Waals surface area contributed by atoms with E-state index in [1.54, 1.807) is 12.1 Å². The molecule has 0 heterocycles. The highest BCUT2D eigenvalue weighted by Crippen LogP contribution is 2.23. The minimum absolute atomic E-state index is 0.131. The first kappa shape index (κ1) is 16.0. The molecule has 0 unspecified atom stereocenters. The van der Waals surface area contributed by atoms with Crippen LogP contribution in [0.4, 0.5) is 10.1 Å². The molecule has 0 atom stereocenters. The van der Waals surface area contributed by atoms with Crippen LogP contribution < -0.4 is 5.32 Å². The molecule has 0 radical (unpaired) electrons. The van der Waals surface area contributed by atoms with Crippen LogP contribution >= 0.6 is 23.2 Å². The van der Waals surface area contributed by atoms with Crippen LogP contribution in [-0.4, -0.2) is 5.91 Å². The van der Waals surface area contributed by atoms with E-state index < -0.39 is 11.7 Å². The molecule has 2 rings (SSSR count). The average molecular weight is 335 g/mol. The molecule has 0 fully saturated rings. The fraction of sp³-hybridized carbons (Fsp3) is 0. The smallest absolute Gasteiger partial charge is 0.266 e. The highest BCUT2D eigenvalue weighted by Gasteiger charge is 2.11. The van der Waals surface area contributed by atoms with Crippen molar-refractivity contribution in [2.24, 2.45) is 0 Å². The molecule has 3 nitrogen and oxygen atoms in total. The van der Waals surface area contributed by atoms with Crippen LogP contribution in [0, 0.1) is 17.1 Å². The first-order valence-electron chi connectivity index (χ1n) is 6.13. The van der Waals surface area contributed by atoms with Gasteiger partial charge in [0.1, 0.15) is 17.5 Å². The molecular formula is C16H9Cl2FN2O. The fourth-order valence-corrected chi connectivity index (χ4v) is 2.12. The summed E-state index contributed by atoms with van der Waals surface area (Å²) in [5.41, 5.74) is 0.750. The van der Waals surface area contributed by atoms with E-state index in [9.17, 15) is 9.18 Å². The van der Waals surface area contributed by atoms with Crippen molar-refractivity contribution in [2.75, 3.05) is 5.32 Å². The average Bonchev–Trinajstić information content (AvgIpc) is 2.49. The number of hydrogen-bond donors (Lipinski definition) is 1. The van der Waals surface area contributed by atoms with E-state index in [-0.39, 0.29) is 5.57 Å². The Morgan fingerprint density at radius 3 is 2.45 bits per heavy atom. The minimum atomic E-state index is -0.611. The lowest BCUT2D eigenvalue weighted by Crippen LogP contribution is -2.13. The zero-order valence-corrected chi connectivity index (χ0v) is 12.6. The largest absolute Gasteiger partial charge is 0.321 e. The van der Waals surface area contributed by atoms with Gasteiger partial charge in [0, 0.05) is 15.7 Å². The molecule has 0 aliphatic heterocycles. The number of carbonyl (C=O) groups is 1. The second-order valence-corrected chi connectivity index (χ2v) is 5.14. The number of hydrogen-bond acceptors (Lipinski definition) is 2. The summed E-state index contributed by atoms with van der Waals surface area (Å²) in [4.78, 5) is 12.0. The van der Waals surface area contributed by atoms with Crippen molar-refractivity contribution in [2.45, 2.75) is 0 Å². The normalized spacial score (nSPS) is 10.9. The topological polar surface area (TPSA) is 52.9 Å². The van der Waals surface area contributed by atoms with Crippen LogP contribution in [0.25, 0.3) is 6.08 Å². The SMILES string of the molecule is N#CC(=Cc1ccc(Cl)cc1Cl)C(=O)Nc1ccc(F)cc1. The molecule has 1 amide bonds. The summed E-state index contributed by atoms with van der Waals surface area (Å²) in [6, 6.07) is 11.8. The molecule has 0 aliphatic rings. The monoisotopic (exact) mass is 334 g/mol. The number of rotatable bonds is 3. The molecule has 0 saturated heterocycles. The maximum atomic E-state index is 12.8. The number of anilines is 1. The van der Waals surface area contributed by atoms with Gasteiger partial charge < -0.3 is 5.32 Å². The lowest BCUT2D eigenvalue weighted by Gasteiger charge is -2.05. The van der Waals surface area contributed by atoms with E-state index >= 15 is 0 Å². The number of benzene rings is 2. The van der Waals surface area contributed by atoms with Crippen LogP contribution in [-0.2, 0) is 4.79 Å². The van der Waals surface area contributed by atoms with Gasteiger partial charge in [-0.2, -0.15) is 5.26 Å². The number of carbonyl (C=O) groups excluding carboxylic acids is 1. The predicted molar refractivity (Wildman–Crippen MR) is 85.1 cm³/mol. The van der Waals surface area contributed by atoms with Gasteiger partial charge in [0.15, 0.2) is 0 Å². The third-order valence-electron chi connectivity index (χ3n) is 2.73. The Labute approximate surface area is 136 Å². The molecule has 0 saturated carbocycles. The van der Waals surface area contributed by atoms with Crippen molar-refractivity contribution >= 4 is 40.9 Å². The first-order chi connectivity index (χ1) is 10.5. The number of nitrogens with one attached hydrogen (secondary N) is 1.